The molecule has 0 radical (unpaired) electrons. The number of rotatable bonds is 4. The van der Waals surface area contributed by atoms with Crippen LogP contribution in [-0.2, 0) is 0 Å². The Hall–Kier alpha value is -0.340. The molecular weight excluding hydrogens is 128 g/mol. The molecule has 0 aromatic carbocycles. The maximum Gasteiger partial charge on any atom is 0.0644 e. The molecule has 2 heteroatoms. The highest BCUT2D eigenvalue weighted by atomic mass is 16.3. The van der Waals surface area contributed by atoms with E-state index in [9.17, 15) is 0 Å². The molecule has 0 fully saturated rings. The Morgan fingerprint density at radius 2 is 2.10 bits per heavy atom. The average molecular weight is 144 g/mol. The molecule has 0 aliphatic carbocycles. The summed E-state index contributed by atoms with van der Waals surface area (Å²) in [4.78, 5) is 0. The van der Waals surface area contributed by atoms with E-state index in [-0.39, 0.29) is 13.2 Å². The summed E-state index contributed by atoms with van der Waals surface area (Å²) in [6, 6.07) is 0. The second-order valence-corrected chi connectivity index (χ2v) is 2.44. The molecule has 0 aliphatic rings. The molecular formula is C8H16O2. The third-order valence-corrected chi connectivity index (χ3v) is 1.75. The number of aliphatic hydroxyl groups is 2. The van der Waals surface area contributed by atoms with Crippen LogP contribution in [0.25, 0.3) is 0 Å². The summed E-state index contributed by atoms with van der Waals surface area (Å²) in [5.41, 5.74) is 1.01. The maximum atomic E-state index is 8.77. The fourth-order valence-corrected chi connectivity index (χ4v) is 0.911. The van der Waals surface area contributed by atoms with Gasteiger partial charge in [0.05, 0.1) is 6.61 Å². The summed E-state index contributed by atoms with van der Waals surface area (Å²) in [6.45, 7) is 4.21. The first-order valence-corrected chi connectivity index (χ1v) is 3.63. The van der Waals surface area contributed by atoms with Crippen molar-refractivity contribution in [3.05, 3.63) is 11.6 Å². The Kier molecular flexibility index (Phi) is 5.26. The lowest BCUT2D eigenvalue weighted by Gasteiger charge is -2.10. The minimum absolute atomic E-state index is 0.109. The van der Waals surface area contributed by atoms with Crippen LogP contribution in [0, 0.1) is 5.92 Å². The van der Waals surface area contributed by atoms with Crippen molar-refractivity contribution in [2.24, 2.45) is 5.92 Å². The molecule has 0 spiro atoms. The van der Waals surface area contributed by atoms with Gasteiger partial charge in [-0.1, -0.05) is 13.0 Å². The van der Waals surface area contributed by atoms with Crippen molar-refractivity contribution in [1.29, 1.82) is 0 Å². The molecule has 0 aromatic heterocycles. The van der Waals surface area contributed by atoms with Gasteiger partial charge in [0.15, 0.2) is 0 Å². The fraction of sp³-hybridized carbons (Fsp3) is 0.750. The highest BCUT2D eigenvalue weighted by molar-refractivity contribution is 5.04. The number of hydrogen-bond acceptors (Lipinski definition) is 2. The Labute approximate surface area is 62.2 Å². The SMILES string of the molecule is C/C=C(/CO)C(C)CCO. The van der Waals surface area contributed by atoms with Crippen LogP contribution < -0.4 is 0 Å². The van der Waals surface area contributed by atoms with Gasteiger partial charge in [-0.2, -0.15) is 0 Å². The predicted molar refractivity (Wildman–Crippen MR) is 41.7 cm³/mol. The topological polar surface area (TPSA) is 40.5 Å². The maximum absolute atomic E-state index is 8.77. The standard InChI is InChI=1S/C8H16O2/c1-3-8(6-10)7(2)4-5-9/h3,7,9-10H,4-6H2,1-2H3/b8-3-. The van der Waals surface area contributed by atoms with Gasteiger partial charge in [-0.25, -0.2) is 0 Å². The first-order valence-electron chi connectivity index (χ1n) is 3.63. The minimum Gasteiger partial charge on any atom is -0.396 e. The summed E-state index contributed by atoms with van der Waals surface area (Å²) < 4.78 is 0. The molecule has 60 valence electrons. The molecule has 0 saturated carbocycles. The van der Waals surface area contributed by atoms with Gasteiger partial charge in [0, 0.05) is 6.61 Å². The van der Waals surface area contributed by atoms with Gasteiger partial charge in [0.25, 0.3) is 0 Å². The van der Waals surface area contributed by atoms with Crippen LogP contribution in [0.2, 0.25) is 0 Å². The van der Waals surface area contributed by atoms with Crippen LogP contribution in [0.1, 0.15) is 20.3 Å². The van der Waals surface area contributed by atoms with Crippen LogP contribution >= 0.6 is 0 Å². The molecule has 1 unspecified atom stereocenters. The third kappa shape index (κ3) is 2.99. The summed E-state index contributed by atoms with van der Waals surface area (Å²) in [5.74, 6) is 0.306. The lowest BCUT2D eigenvalue weighted by Crippen LogP contribution is -2.05. The van der Waals surface area contributed by atoms with Crippen molar-refractivity contribution in [1.82, 2.24) is 0 Å². The van der Waals surface area contributed by atoms with Crippen LogP contribution in [0.4, 0.5) is 0 Å². The molecule has 0 aliphatic heterocycles. The average Bonchev–Trinajstić information content (AvgIpc) is 1.91. The summed E-state index contributed by atoms with van der Waals surface area (Å²) in [7, 11) is 0. The highest BCUT2D eigenvalue weighted by Crippen LogP contribution is 2.12. The van der Waals surface area contributed by atoms with E-state index in [1.54, 1.807) is 0 Å². The van der Waals surface area contributed by atoms with Gasteiger partial charge in [-0.15, -0.1) is 0 Å². The van der Waals surface area contributed by atoms with E-state index in [4.69, 9.17) is 10.2 Å². The molecule has 0 rings (SSSR count). The Morgan fingerprint density at radius 3 is 2.40 bits per heavy atom. The molecule has 2 nitrogen and oxygen atoms in total. The normalized spacial score (nSPS) is 15.4. The fourth-order valence-electron chi connectivity index (χ4n) is 0.911. The third-order valence-electron chi connectivity index (χ3n) is 1.75. The minimum atomic E-state index is 0.109. The summed E-state index contributed by atoms with van der Waals surface area (Å²) >= 11 is 0. The lowest BCUT2D eigenvalue weighted by molar-refractivity contribution is 0.258. The largest absolute Gasteiger partial charge is 0.396 e. The van der Waals surface area contributed by atoms with Crippen molar-refractivity contribution in [3.63, 3.8) is 0 Å². The summed E-state index contributed by atoms with van der Waals surface area (Å²) in [6.07, 6.45) is 2.64. The van der Waals surface area contributed by atoms with Crippen molar-refractivity contribution < 1.29 is 10.2 Å². The van der Waals surface area contributed by atoms with Gasteiger partial charge in [0.2, 0.25) is 0 Å². The smallest absolute Gasteiger partial charge is 0.0644 e. The lowest BCUT2D eigenvalue weighted by atomic mass is 9.99. The number of aliphatic hydroxyl groups excluding tert-OH is 2. The van der Waals surface area contributed by atoms with E-state index in [1.807, 2.05) is 19.9 Å². The van der Waals surface area contributed by atoms with Crippen LogP contribution in [0.3, 0.4) is 0 Å². The Balaban J connectivity index is 3.77. The predicted octanol–water partition coefficient (Wildman–Crippen LogP) is 0.944. The zero-order chi connectivity index (χ0) is 7.98. The van der Waals surface area contributed by atoms with Crippen molar-refractivity contribution in [2.45, 2.75) is 20.3 Å². The summed E-state index contributed by atoms with van der Waals surface area (Å²) in [5, 5.41) is 17.3. The van der Waals surface area contributed by atoms with Crippen molar-refractivity contribution in [2.75, 3.05) is 13.2 Å². The first-order chi connectivity index (χ1) is 4.76. The van der Waals surface area contributed by atoms with E-state index >= 15 is 0 Å². The molecule has 0 heterocycles. The second kappa shape index (κ2) is 5.45. The van der Waals surface area contributed by atoms with Gasteiger partial charge < -0.3 is 10.2 Å². The van der Waals surface area contributed by atoms with Crippen LogP contribution in [-0.4, -0.2) is 23.4 Å². The number of allylic oxidation sites excluding steroid dienone is 1. The zero-order valence-electron chi connectivity index (χ0n) is 6.67. The monoisotopic (exact) mass is 144 g/mol. The van der Waals surface area contributed by atoms with E-state index < -0.39 is 0 Å². The van der Waals surface area contributed by atoms with Crippen molar-refractivity contribution >= 4 is 0 Å². The van der Waals surface area contributed by atoms with E-state index in [2.05, 4.69) is 0 Å². The first kappa shape index (κ1) is 9.66. The Bertz CT molecular complexity index is 108. The van der Waals surface area contributed by atoms with E-state index in [0.717, 1.165) is 12.0 Å². The molecule has 1 atom stereocenters. The molecule has 2 N–H and O–H groups in total. The van der Waals surface area contributed by atoms with E-state index in [1.165, 1.54) is 0 Å². The second-order valence-electron chi connectivity index (χ2n) is 2.44. The molecule has 0 aromatic rings. The zero-order valence-corrected chi connectivity index (χ0v) is 6.67. The van der Waals surface area contributed by atoms with Gasteiger partial charge >= 0.3 is 0 Å². The highest BCUT2D eigenvalue weighted by Gasteiger charge is 2.04. The van der Waals surface area contributed by atoms with E-state index in [0.29, 0.717) is 5.92 Å². The van der Waals surface area contributed by atoms with Gasteiger partial charge in [-0.3, -0.25) is 0 Å². The number of hydrogen-bond donors (Lipinski definition) is 2. The molecule has 0 bridgehead atoms. The molecule has 10 heavy (non-hydrogen) atoms. The van der Waals surface area contributed by atoms with Gasteiger partial charge in [0.1, 0.15) is 0 Å². The van der Waals surface area contributed by atoms with Crippen molar-refractivity contribution in [3.8, 4) is 0 Å². The quantitative estimate of drug-likeness (QED) is 0.576. The van der Waals surface area contributed by atoms with Gasteiger partial charge in [-0.05, 0) is 24.8 Å². The molecule has 0 saturated heterocycles. The van der Waals surface area contributed by atoms with Crippen LogP contribution in [0.15, 0.2) is 11.6 Å². The molecule has 0 amide bonds. The van der Waals surface area contributed by atoms with Crippen LogP contribution in [0.5, 0.6) is 0 Å². The Morgan fingerprint density at radius 1 is 1.50 bits per heavy atom.